The van der Waals surface area contributed by atoms with Gasteiger partial charge in [-0.15, -0.1) is 0 Å². The van der Waals surface area contributed by atoms with Crippen molar-refractivity contribution in [3.8, 4) is 22.3 Å². The predicted molar refractivity (Wildman–Crippen MR) is 132 cm³/mol. The Hall–Kier alpha value is -3.17. The monoisotopic (exact) mass is 441 g/mol. The summed E-state index contributed by atoms with van der Waals surface area (Å²) in [6.45, 7) is 0.556. The zero-order chi connectivity index (χ0) is 22.1. The van der Waals surface area contributed by atoms with Crippen molar-refractivity contribution in [2.45, 2.75) is 13.0 Å². The second kappa shape index (κ2) is 8.40. The van der Waals surface area contributed by atoms with Gasteiger partial charge in [0.25, 0.3) is 0 Å². The summed E-state index contributed by atoms with van der Waals surface area (Å²) >= 11 is 0. The molecule has 0 aliphatic rings. The summed E-state index contributed by atoms with van der Waals surface area (Å²) in [5.74, 6) is 0. The first-order valence-electron chi connectivity index (χ1n) is 10.7. The van der Waals surface area contributed by atoms with Crippen molar-refractivity contribution >= 4 is 29.4 Å². The molecule has 2 N–H and O–H groups in total. The van der Waals surface area contributed by atoms with Crippen LogP contribution < -0.4 is 0 Å². The summed E-state index contributed by atoms with van der Waals surface area (Å²) < 4.78 is 13.6. The van der Waals surface area contributed by atoms with Crippen molar-refractivity contribution in [3.63, 3.8) is 0 Å². The van der Waals surface area contributed by atoms with Crippen molar-refractivity contribution in [1.82, 2.24) is 4.57 Å². The first-order chi connectivity index (χ1) is 15.5. The van der Waals surface area contributed by atoms with Crippen LogP contribution in [0, 0.1) is 0 Å². The summed E-state index contributed by atoms with van der Waals surface area (Å²) in [6.07, 6.45) is 0.308. The highest BCUT2D eigenvalue weighted by atomic mass is 31.2. The number of aryl methyl sites for hydroxylation is 1. The maximum absolute atomic E-state index is 11.4. The van der Waals surface area contributed by atoms with Gasteiger partial charge in [-0.2, -0.15) is 0 Å². The van der Waals surface area contributed by atoms with E-state index in [0.717, 1.165) is 44.1 Å². The maximum Gasteiger partial charge on any atom is 0.325 e. The molecule has 0 bridgehead atoms. The number of rotatable bonds is 6. The minimum atomic E-state index is -4.01. The van der Waals surface area contributed by atoms with E-state index in [0.29, 0.717) is 13.0 Å². The highest BCUT2D eigenvalue weighted by molar-refractivity contribution is 7.51. The molecule has 5 aromatic rings. The van der Waals surface area contributed by atoms with Crippen LogP contribution in [0.15, 0.2) is 97.1 Å². The van der Waals surface area contributed by atoms with Crippen LogP contribution in [0.5, 0.6) is 0 Å². The van der Waals surface area contributed by atoms with Crippen molar-refractivity contribution < 1.29 is 14.4 Å². The predicted octanol–water partition coefficient (Wildman–Crippen LogP) is 6.70. The Balaban J connectivity index is 1.68. The van der Waals surface area contributed by atoms with Crippen molar-refractivity contribution in [2.24, 2.45) is 0 Å². The average molecular weight is 441 g/mol. The first kappa shape index (κ1) is 20.7. The summed E-state index contributed by atoms with van der Waals surface area (Å²) in [4.78, 5) is 18.6. The molecule has 1 heterocycles. The van der Waals surface area contributed by atoms with E-state index in [2.05, 4.69) is 65.2 Å². The fourth-order valence-electron chi connectivity index (χ4n) is 4.40. The third kappa shape index (κ3) is 4.13. The molecular formula is C27H24NO3P. The molecule has 0 amide bonds. The van der Waals surface area contributed by atoms with Gasteiger partial charge >= 0.3 is 7.60 Å². The van der Waals surface area contributed by atoms with E-state index in [1.165, 1.54) is 0 Å². The molecule has 5 rings (SSSR count). The van der Waals surface area contributed by atoms with Crippen LogP contribution in [0.4, 0.5) is 0 Å². The largest absolute Gasteiger partial charge is 0.340 e. The van der Waals surface area contributed by atoms with Crippen LogP contribution in [0.25, 0.3) is 44.1 Å². The second-order valence-electron chi connectivity index (χ2n) is 8.09. The van der Waals surface area contributed by atoms with Crippen LogP contribution in [0.1, 0.15) is 6.42 Å². The zero-order valence-corrected chi connectivity index (χ0v) is 18.5. The van der Waals surface area contributed by atoms with Gasteiger partial charge in [-0.25, -0.2) is 0 Å². The van der Waals surface area contributed by atoms with Crippen LogP contribution in [0.3, 0.4) is 0 Å². The highest BCUT2D eigenvalue weighted by Crippen LogP contribution is 2.38. The number of nitrogens with zero attached hydrogens (tertiary/aromatic N) is 1. The van der Waals surface area contributed by atoms with E-state index in [1.807, 2.05) is 36.4 Å². The molecule has 0 saturated heterocycles. The number of fused-ring (bicyclic) bond motifs is 3. The van der Waals surface area contributed by atoms with Gasteiger partial charge in [0.05, 0.1) is 6.16 Å². The third-order valence-electron chi connectivity index (χ3n) is 5.91. The second-order valence-corrected chi connectivity index (χ2v) is 9.87. The average Bonchev–Trinajstić information content (AvgIpc) is 3.12. The lowest BCUT2D eigenvalue weighted by Crippen LogP contribution is -2.00. The number of benzene rings is 4. The first-order valence-corrected chi connectivity index (χ1v) is 12.5. The Kier molecular flexibility index (Phi) is 5.44. The summed E-state index contributed by atoms with van der Waals surface area (Å²) in [5.41, 5.74) is 6.79. The normalized spacial score (nSPS) is 11.9. The Morgan fingerprint density at radius 3 is 1.53 bits per heavy atom. The van der Waals surface area contributed by atoms with Gasteiger partial charge in [-0.05, 0) is 52.9 Å². The fraction of sp³-hybridized carbons (Fsp3) is 0.111. The van der Waals surface area contributed by atoms with Gasteiger partial charge in [0.2, 0.25) is 0 Å². The number of aromatic nitrogens is 1. The molecular weight excluding hydrogens is 417 g/mol. The van der Waals surface area contributed by atoms with Crippen LogP contribution in [-0.2, 0) is 11.1 Å². The van der Waals surface area contributed by atoms with E-state index in [-0.39, 0.29) is 6.16 Å². The van der Waals surface area contributed by atoms with Crippen LogP contribution >= 0.6 is 7.60 Å². The van der Waals surface area contributed by atoms with E-state index >= 15 is 0 Å². The Morgan fingerprint density at radius 2 is 1.09 bits per heavy atom. The lowest BCUT2D eigenvalue weighted by atomic mass is 10.0. The smallest absolute Gasteiger partial charge is 0.325 e. The molecule has 0 radical (unpaired) electrons. The van der Waals surface area contributed by atoms with Gasteiger partial charge in [-0.3, -0.25) is 4.57 Å². The minimum absolute atomic E-state index is 0.113. The summed E-state index contributed by atoms with van der Waals surface area (Å²) in [7, 11) is -4.01. The molecule has 5 heteroatoms. The van der Waals surface area contributed by atoms with Gasteiger partial charge in [0, 0.05) is 28.4 Å². The molecule has 0 aliphatic carbocycles. The highest BCUT2D eigenvalue weighted by Gasteiger charge is 2.16. The molecule has 4 nitrogen and oxygen atoms in total. The van der Waals surface area contributed by atoms with Gasteiger partial charge in [-0.1, -0.05) is 72.8 Å². The number of hydrogen-bond donors (Lipinski definition) is 2. The molecule has 0 saturated carbocycles. The fourth-order valence-corrected chi connectivity index (χ4v) is 4.95. The molecule has 160 valence electrons. The molecule has 0 atom stereocenters. The van der Waals surface area contributed by atoms with E-state index < -0.39 is 7.60 Å². The lowest BCUT2D eigenvalue weighted by molar-refractivity contribution is 0.370. The summed E-state index contributed by atoms with van der Waals surface area (Å²) in [5, 5.41) is 2.30. The molecule has 0 unspecified atom stereocenters. The van der Waals surface area contributed by atoms with Crippen LogP contribution in [0.2, 0.25) is 0 Å². The quantitative estimate of drug-likeness (QED) is 0.288. The Bertz CT molecular complexity index is 1340. The molecule has 4 aromatic carbocycles. The van der Waals surface area contributed by atoms with Gasteiger partial charge < -0.3 is 14.4 Å². The molecule has 0 spiro atoms. The van der Waals surface area contributed by atoms with Crippen molar-refractivity contribution in [3.05, 3.63) is 97.1 Å². The van der Waals surface area contributed by atoms with Gasteiger partial charge in [0.1, 0.15) is 0 Å². The maximum atomic E-state index is 11.4. The van der Waals surface area contributed by atoms with E-state index in [4.69, 9.17) is 0 Å². The molecule has 1 aromatic heterocycles. The van der Waals surface area contributed by atoms with Crippen molar-refractivity contribution in [2.75, 3.05) is 6.16 Å². The van der Waals surface area contributed by atoms with E-state index in [9.17, 15) is 14.4 Å². The third-order valence-corrected chi connectivity index (χ3v) is 6.81. The number of hydrogen-bond acceptors (Lipinski definition) is 1. The Morgan fingerprint density at radius 1 is 0.625 bits per heavy atom. The van der Waals surface area contributed by atoms with E-state index in [1.54, 1.807) is 0 Å². The lowest BCUT2D eigenvalue weighted by Gasteiger charge is -2.09. The molecule has 0 fully saturated rings. The Labute approximate surface area is 186 Å². The van der Waals surface area contributed by atoms with Crippen LogP contribution in [-0.4, -0.2) is 20.5 Å². The minimum Gasteiger partial charge on any atom is -0.340 e. The zero-order valence-electron chi connectivity index (χ0n) is 17.6. The molecule has 0 aliphatic heterocycles. The topological polar surface area (TPSA) is 62.5 Å². The molecule has 32 heavy (non-hydrogen) atoms. The van der Waals surface area contributed by atoms with Gasteiger partial charge in [0.15, 0.2) is 0 Å². The standard InChI is InChI=1S/C27H24NO3P/c29-32(30,31)17-7-16-28-26-14-12-22(20-8-3-1-4-9-20)18-24(26)25-19-23(13-15-27(25)28)21-10-5-2-6-11-21/h1-6,8-15,18-19H,7,16-17H2,(H2,29,30,31). The van der Waals surface area contributed by atoms with Crippen molar-refractivity contribution in [1.29, 1.82) is 0 Å². The summed E-state index contributed by atoms with van der Waals surface area (Å²) in [6, 6.07) is 33.5. The SMILES string of the molecule is O=P(O)(O)CCCn1c2ccc(-c3ccccc3)cc2c2cc(-c3ccccc3)ccc21.